The number of imide groups is 1. The molecule has 5 nitrogen and oxygen atoms in total. The first-order valence-corrected chi connectivity index (χ1v) is 11.7. The van der Waals surface area contributed by atoms with Crippen molar-refractivity contribution < 1.29 is 14.3 Å². The van der Waals surface area contributed by atoms with Crippen LogP contribution in [0.2, 0.25) is 0 Å². The van der Waals surface area contributed by atoms with Gasteiger partial charge in [0.25, 0.3) is 0 Å². The number of ether oxygens (including phenoxy) is 1. The average Bonchev–Trinajstić information content (AvgIpc) is 3.24. The molecule has 0 spiro atoms. The summed E-state index contributed by atoms with van der Waals surface area (Å²) < 4.78 is 6.22. The molecule has 2 aliphatic rings. The van der Waals surface area contributed by atoms with E-state index in [0.29, 0.717) is 16.2 Å². The van der Waals surface area contributed by atoms with Gasteiger partial charge in [-0.3, -0.25) is 9.59 Å². The number of hydrogen-bond donors (Lipinski definition) is 1. The van der Waals surface area contributed by atoms with Gasteiger partial charge in [0.05, 0.1) is 23.2 Å². The molecule has 1 saturated heterocycles. The van der Waals surface area contributed by atoms with Crippen molar-refractivity contribution in [1.29, 1.82) is 0 Å². The number of carbonyl (C=O) groups excluding carboxylic acids is 2. The zero-order chi connectivity index (χ0) is 20.8. The third kappa shape index (κ3) is 3.10. The summed E-state index contributed by atoms with van der Waals surface area (Å²) >= 11 is 8.28. The number of fused-ring (bicyclic) bond motifs is 2. The van der Waals surface area contributed by atoms with Crippen molar-refractivity contribution in [2.24, 2.45) is 5.92 Å². The number of aromatic amines is 1. The van der Waals surface area contributed by atoms with Crippen LogP contribution in [-0.4, -0.2) is 28.7 Å². The SMILES string of the molecule is CCOc1ccc([C@@H]2c3sc(=S)[nH]c3S[C@@H]3C(=O)N(c4ccccc4)C(=O)[C@H]23)cc1. The first-order valence-electron chi connectivity index (χ1n) is 9.63. The summed E-state index contributed by atoms with van der Waals surface area (Å²) in [4.78, 5) is 32.4. The first kappa shape index (κ1) is 19.5. The van der Waals surface area contributed by atoms with Crippen LogP contribution in [0.5, 0.6) is 5.75 Å². The number of amides is 2. The average molecular weight is 455 g/mol. The highest BCUT2D eigenvalue weighted by molar-refractivity contribution is 8.01. The second kappa shape index (κ2) is 7.68. The van der Waals surface area contributed by atoms with Gasteiger partial charge in [0.1, 0.15) is 11.0 Å². The number of H-pyrrole nitrogens is 1. The lowest BCUT2D eigenvalue weighted by Crippen LogP contribution is -2.32. The normalized spacial score (nSPS) is 22.7. The number of rotatable bonds is 4. The molecule has 30 heavy (non-hydrogen) atoms. The molecule has 0 unspecified atom stereocenters. The molecule has 0 bridgehead atoms. The van der Waals surface area contributed by atoms with Crippen LogP contribution in [0.4, 0.5) is 5.69 Å². The molecule has 1 N–H and O–H groups in total. The Bertz CT molecular complexity index is 1170. The number of hydrogen-bond acceptors (Lipinski definition) is 6. The van der Waals surface area contributed by atoms with E-state index in [1.165, 1.54) is 28.0 Å². The van der Waals surface area contributed by atoms with Gasteiger partial charge in [-0.1, -0.05) is 42.1 Å². The molecular formula is C22H18N2O3S3. The number of nitrogens with one attached hydrogen (secondary N) is 1. The maximum atomic E-state index is 13.6. The largest absolute Gasteiger partial charge is 0.494 e. The highest BCUT2D eigenvalue weighted by Crippen LogP contribution is 2.54. The predicted molar refractivity (Wildman–Crippen MR) is 121 cm³/mol. The summed E-state index contributed by atoms with van der Waals surface area (Å²) in [5.74, 6) is -0.259. The molecule has 1 aromatic heterocycles. The first-order chi connectivity index (χ1) is 14.6. The maximum Gasteiger partial charge on any atom is 0.248 e. The summed E-state index contributed by atoms with van der Waals surface area (Å²) in [5, 5.41) is 0.406. The maximum absolute atomic E-state index is 13.6. The summed E-state index contributed by atoms with van der Waals surface area (Å²) in [6.07, 6.45) is 0. The number of para-hydroxylation sites is 1. The van der Waals surface area contributed by atoms with E-state index >= 15 is 0 Å². The topological polar surface area (TPSA) is 62.4 Å². The van der Waals surface area contributed by atoms with E-state index < -0.39 is 11.2 Å². The van der Waals surface area contributed by atoms with Crippen LogP contribution in [0.25, 0.3) is 0 Å². The van der Waals surface area contributed by atoms with Crippen molar-refractivity contribution in [3.05, 3.63) is 69.0 Å². The minimum atomic E-state index is -0.484. The summed E-state index contributed by atoms with van der Waals surface area (Å²) in [6, 6.07) is 16.9. The fraction of sp³-hybridized carbons (Fsp3) is 0.227. The van der Waals surface area contributed by atoms with Gasteiger partial charge < -0.3 is 9.72 Å². The number of thioether (sulfide) groups is 1. The zero-order valence-electron chi connectivity index (χ0n) is 16.0. The third-order valence-electron chi connectivity index (χ3n) is 5.39. The Kier molecular flexibility index (Phi) is 5.00. The van der Waals surface area contributed by atoms with E-state index in [9.17, 15) is 9.59 Å². The molecule has 0 saturated carbocycles. The van der Waals surface area contributed by atoms with Crippen LogP contribution in [0.15, 0.2) is 59.6 Å². The highest BCUT2D eigenvalue weighted by atomic mass is 32.2. The molecule has 0 radical (unpaired) electrons. The van der Waals surface area contributed by atoms with Crippen LogP contribution < -0.4 is 9.64 Å². The van der Waals surface area contributed by atoms with Crippen molar-refractivity contribution in [3.8, 4) is 5.75 Å². The Morgan fingerprint density at radius 2 is 1.80 bits per heavy atom. The molecule has 3 aromatic rings. The van der Waals surface area contributed by atoms with Gasteiger partial charge in [0.2, 0.25) is 11.8 Å². The van der Waals surface area contributed by atoms with Crippen LogP contribution in [-0.2, 0) is 9.59 Å². The lowest BCUT2D eigenvalue weighted by Gasteiger charge is -2.30. The minimum absolute atomic E-state index is 0.160. The number of aromatic nitrogens is 1. The van der Waals surface area contributed by atoms with Gasteiger partial charge in [0, 0.05) is 10.8 Å². The van der Waals surface area contributed by atoms with Gasteiger partial charge in [-0.25, -0.2) is 4.90 Å². The zero-order valence-corrected chi connectivity index (χ0v) is 18.5. The molecule has 3 heterocycles. The molecule has 5 rings (SSSR count). The van der Waals surface area contributed by atoms with Gasteiger partial charge in [0.15, 0.2) is 3.95 Å². The van der Waals surface area contributed by atoms with Crippen molar-refractivity contribution in [3.63, 3.8) is 0 Å². The molecule has 0 aliphatic carbocycles. The molecule has 3 atom stereocenters. The number of carbonyl (C=O) groups is 2. The van der Waals surface area contributed by atoms with E-state index in [1.54, 1.807) is 12.1 Å². The van der Waals surface area contributed by atoms with Gasteiger partial charge >= 0.3 is 0 Å². The number of thiazole rings is 1. The second-order valence-corrected chi connectivity index (χ2v) is 9.97. The molecule has 152 valence electrons. The monoisotopic (exact) mass is 454 g/mol. The Morgan fingerprint density at radius 1 is 1.07 bits per heavy atom. The Hall–Kier alpha value is -2.42. The van der Waals surface area contributed by atoms with E-state index in [2.05, 4.69) is 4.98 Å². The van der Waals surface area contributed by atoms with Gasteiger partial charge in [-0.15, -0.1) is 11.3 Å². The van der Waals surface area contributed by atoms with Crippen LogP contribution in [0.1, 0.15) is 23.3 Å². The van der Waals surface area contributed by atoms with Crippen LogP contribution in [0, 0.1) is 9.87 Å². The molecule has 2 aliphatic heterocycles. The Labute approximate surface area is 187 Å². The quantitative estimate of drug-likeness (QED) is 0.444. The number of anilines is 1. The smallest absolute Gasteiger partial charge is 0.248 e. The van der Waals surface area contributed by atoms with Crippen LogP contribution in [0.3, 0.4) is 0 Å². The predicted octanol–water partition coefficient (Wildman–Crippen LogP) is 5.00. The van der Waals surface area contributed by atoms with Crippen LogP contribution >= 0.6 is 35.3 Å². The number of nitrogens with zero attached hydrogens (tertiary/aromatic N) is 1. The van der Waals surface area contributed by atoms with E-state index in [1.807, 2.05) is 49.4 Å². The van der Waals surface area contributed by atoms with E-state index in [0.717, 1.165) is 21.2 Å². The van der Waals surface area contributed by atoms with Gasteiger partial charge in [-0.2, -0.15) is 0 Å². The molecule has 1 fully saturated rings. The minimum Gasteiger partial charge on any atom is -0.494 e. The summed E-state index contributed by atoms with van der Waals surface area (Å²) in [5.41, 5.74) is 1.60. The van der Waals surface area contributed by atoms with Crippen molar-refractivity contribution in [2.45, 2.75) is 23.1 Å². The van der Waals surface area contributed by atoms with Gasteiger partial charge in [-0.05, 0) is 49.0 Å². The lowest BCUT2D eigenvalue weighted by atomic mass is 9.83. The lowest BCUT2D eigenvalue weighted by molar-refractivity contribution is -0.122. The molecule has 2 aromatic carbocycles. The molecular weight excluding hydrogens is 436 g/mol. The van der Waals surface area contributed by atoms with Crippen molar-refractivity contribution >= 4 is 52.8 Å². The Balaban J connectivity index is 1.61. The van der Waals surface area contributed by atoms with E-state index in [-0.39, 0.29) is 17.7 Å². The second-order valence-electron chi connectivity index (χ2n) is 7.10. The summed E-state index contributed by atoms with van der Waals surface area (Å²) in [7, 11) is 0. The molecule has 8 heteroatoms. The van der Waals surface area contributed by atoms with Crippen molar-refractivity contribution in [1.82, 2.24) is 4.98 Å². The fourth-order valence-electron chi connectivity index (χ4n) is 4.15. The number of benzene rings is 2. The highest BCUT2D eigenvalue weighted by Gasteiger charge is 2.56. The standard InChI is InChI=1S/C22H18N2O3S3/c1-2-27-14-10-8-12(9-11-14)15-16-18(29-19-17(15)30-22(28)23-19)21(26)24(20(16)25)13-6-4-3-5-7-13/h3-11,15-16,18H,2H2,1H3,(H,23,28)/t15-,16+,18-/m0/s1. The van der Waals surface area contributed by atoms with Crippen molar-refractivity contribution in [2.75, 3.05) is 11.5 Å². The Morgan fingerprint density at radius 3 is 2.50 bits per heavy atom. The fourth-order valence-corrected chi connectivity index (χ4v) is 7.11. The summed E-state index contributed by atoms with van der Waals surface area (Å²) in [6.45, 7) is 2.53. The van der Waals surface area contributed by atoms with E-state index in [4.69, 9.17) is 17.0 Å². The molecule has 2 amide bonds. The third-order valence-corrected chi connectivity index (χ3v) is 8.14.